The molecule has 6 nitrogen and oxygen atoms in total. The van der Waals surface area contributed by atoms with Crippen molar-refractivity contribution in [3.8, 4) is 0 Å². The van der Waals surface area contributed by atoms with Crippen LogP contribution in [0.2, 0.25) is 0 Å². The highest BCUT2D eigenvalue weighted by molar-refractivity contribution is 5.89. The Labute approximate surface area is 146 Å². The average molecular weight is 338 g/mol. The highest BCUT2D eigenvalue weighted by Crippen LogP contribution is 2.31. The lowest BCUT2D eigenvalue weighted by Crippen LogP contribution is -2.32. The van der Waals surface area contributed by atoms with Crippen molar-refractivity contribution >= 4 is 16.8 Å². The van der Waals surface area contributed by atoms with E-state index in [1.54, 1.807) is 0 Å². The van der Waals surface area contributed by atoms with Crippen LogP contribution in [-0.4, -0.2) is 32.1 Å². The number of rotatable bonds is 4. The fraction of sp³-hybridized carbons (Fsp3) is 0.421. The van der Waals surface area contributed by atoms with Gasteiger partial charge in [0.05, 0.1) is 12.5 Å². The molecule has 1 aliphatic rings. The summed E-state index contributed by atoms with van der Waals surface area (Å²) < 4.78 is 7.31. The summed E-state index contributed by atoms with van der Waals surface area (Å²) in [6.45, 7) is 2.74. The molecule has 3 aromatic rings. The van der Waals surface area contributed by atoms with Crippen LogP contribution in [0, 0.1) is 0 Å². The first-order valence-electron chi connectivity index (χ1n) is 8.82. The van der Waals surface area contributed by atoms with Gasteiger partial charge in [-0.1, -0.05) is 30.3 Å². The summed E-state index contributed by atoms with van der Waals surface area (Å²) in [5.41, 5.74) is 2.21. The number of hydrogen-bond acceptors (Lipinski definition) is 4. The summed E-state index contributed by atoms with van der Waals surface area (Å²) in [6, 6.07) is 8.12. The molecule has 0 radical (unpaired) electrons. The van der Waals surface area contributed by atoms with E-state index in [-0.39, 0.29) is 11.9 Å². The van der Waals surface area contributed by atoms with E-state index in [2.05, 4.69) is 33.0 Å². The molecule has 1 fully saturated rings. The van der Waals surface area contributed by atoms with Crippen LogP contribution in [0.15, 0.2) is 35.0 Å². The average Bonchev–Trinajstić information content (AvgIpc) is 3.34. The van der Waals surface area contributed by atoms with Crippen molar-refractivity contribution < 1.29 is 9.32 Å². The molecular weight excluding hydrogens is 316 g/mol. The zero-order chi connectivity index (χ0) is 17.4. The maximum atomic E-state index is 13.0. The van der Waals surface area contributed by atoms with E-state index in [9.17, 15) is 4.79 Å². The van der Waals surface area contributed by atoms with Crippen molar-refractivity contribution in [1.82, 2.24) is 19.6 Å². The van der Waals surface area contributed by atoms with Crippen molar-refractivity contribution in [3.63, 3.8) is 0 Å². The van der Waals surface area contributed by atoms with E-state index in [4.69, 9.17) is 4.52 Å². The van der Waals surface area contributed by atoms with E-state index in [0.717, 1.165) is 35.9 Å². The van der Waals surface area contributed by atoms with Crippen LogP contribution in [0.5, 0.6) is 0 Å². The lowest BCUT2D eigenvalue weighted by Gasteiger charge is -2.22. The van der Waals surface area contributed by atoms with Gasteiger partial charge in [0, 0.05) is 37.1 Å². The Morgan fingerprint density at radius 2 is 2.20 bits per heavy atom. The second-order valence-corrected chi connectivity index (χ2v) is 6.60. The summed E-state index contributed by atoms with van der Waals surface area (Å²) in [5, 5.41) is 5.22. The van der Waals surface area contributed by atoms with Gasteiger partial charge >= 0.3 is 0 Å². The molecule has 4 rings (SSSR count). The molecule has 6 heteroatoms. The van der Waals surface area contributed by atoms with Crippen LogP contribution in [0.4, 0.5) is 0 Å². The maximum absolute atomic E-state index is 13.0. The summed E-state index contributed by atoms with van der Waals surface area (Å²) in [6.07, 6.45) is 5.03. The van der Waals surface area contributed by atoms with E-state index in [1.165, 1.54) is 0 Å². The summed E-state index contributed by atoms with van der Waals surface area (Å²) in [7, 11) is 2.01. The molecule has 25 heavy (non-hydrogen) atoms. The first-order chi connectivity index (χ1) is 12.2. The predicted octanol–water partition coefficient (Wildman–Crippen LogP) is 3.03. The molecule has 1 aliphatic heterocycles. The molecule has 1 saturated heterocycles. The zero-order valence-corrected chi connectivity index (χ0v) is 14.6. The minimum absolute atomic E-state index is 0.0634. The molecule has 1 amide bonds. The second-order valence-electron chi connectivity index (χ2n) is 6.60. The Morgan fingerprint density at radius 1 is 1.36 bits per heavy atom. The number of fused-ring (bicyclic) bond motifs is 1. The van der Waals surface area contributed by atoms with Gasteiger partial charge in [-0.25, -0.2) is 0 Å². The summed E-state index contributed by atoms with van der Waals surface area (Å²) in [5.74, 6) is 1.39. The van der Waals surface area contributed by atoms with E-state index in [0.29, 0.717) is 24.6 Å². The fourth-order valence-corrected chi connectivity index (χ4v) is 3.71. The minimum Gasteiger partial charge on any atom is -0.350 e. The molecule has 1 atom stereocenters. The monoisotopic (exact) mass is 338 g/mol. The largest absolute Gasteiger partial charge is 0.350 e. The zero-order valence-electron chi connectivity index (χ0n) is 14.6. The quantitative estimate of drug-likeness (QED) is 0.733. The van der Waals surface area contributed by atoms with Gasteiger partial charge in [0.25, 0.3) is 0 Å². The summed E-state index contributed by atoms with van der Waals surface area (Å²) >= 11 is 0. The molecule has 0 N–H and O–H groups in total. The van der Waals surface area contributed by atoms with Gasteiger partial charge in [-0.15, -0.1) is 0 Å². The van der Waals surface area contributed by atoms with Gasteiger partial charge in [-0.2, -0.15) is 4.98 Å². The van der Waals surface area contributed by atoms with Gasteiger partial charge in [0.15, 0.2) is 5.82 Å². The molecule has 1 aromatic carbocycles. The van der Waals surface area contributed by atoms with Gasteiger partial charge < -0.3 is 14.0 Å². The number of aryl methyl sites for hydroxylation is 2. The highest BCUT2D eigenvalue weighted by atomic mass is 16.5. The molecule has 130 valence electrons. The Morgan fingerprint density at radius 3 is 3.00 bits per heavy atom. The molecule has 0 aliphatic carbocycles. The minimum atomic E-state index is -0.0634. The van der Waals surface area contributed by atoms with Gasteiger partial charge in [0.2, 0.25) is 11.8 Å². The van der Waals surface area contributed by atoms with Crippen molar-refractivity contribution in [1.29, 1.82) is 0 Å². The van der Waals surface area contributed by atoms with E-state index < -0.39 is 0 Å². The molecule has 0 saturated carbocycles. The Balaban J connectivity index is 1.57. The smallest absolute Gasteiger partial charge is 0.227 e. The molecule has 0 bridgehead atoms. The van der Waals surface area contributed by atoms with Crippen molar-refractivity contribution in [2.75, 3.05) is 6.54 Å². The van der Waals surface area contributed by atoms with Crippen LogP contribution in [0.25, 0.3) is 10.9 Å². The van der Waals surface area contributed by atoms with Gasteiger partial charge in [-0.3, -0.25) is 4.79 Å². The lowest BCUT2D eigenvalue weighted by molar-refractivity contribution is -0.131. The molecule has 0 spiro atoms. The second kappa shape index (κ2) is 6.35. The van der Waals surface area contributed by atoms with E-state index >= 15 is 0 Å². The number of likely N-dealkylation sites (tertiary alicyclic amines) is 1. The topological polar surface area (TPSA) is 64.2 Å². The first kappa shape index (κ1) is 15.9. The molecule has 3 heterocycles. The Hall–Kier alpha value is -2.63. The number of benzene rings is 1. The number of carbonyl (C=O) groups is 1. The normalized spacial score (nSPS) is 17.5. The number of carbonyl (C=O) groups excluding carboxylic acids is 1. The standard InChI is InChI=1S/C19H22N4O2/c1-3-17-20-19(21-25-17)16-9-6-10-23(16)18(24)11-13-12-22(2)15-8-5-4-7-14(13)15/h4-5,7-8,12,16H,3,6,9-11H2,1-2H3/t16-/m0/s1. The third-order valence-electron chi connectivity index (χ3n) is 4.98. The molecular formula is C19H22N4O2. The number of nitrogens with zero attached hydrogens (tertiary/aromatic N) is 4. The third kappa shape index (κ3) is 2.81. The van der Waals surface area contributed by atoms with Crippen LogP contribution in [0.1, 0.15) is 43.1 Å². The number of amides is 1. The first-order valence-corrected chi connectivity index (χ1v) is 8.82. The van der Waals surface area contributed by atoms with Crippen LogP contribution in [-0.2, 0) is 24.7 Å². The molecule has 0 unspecified atom stereocenters. The van der Waals surface area contributed by atoms with Crippen LogP contribution in [0.3, 0.4) is 0 Å². The van der Waals surface area contributed by atoms with Crippen LogP contribution >= 0.6 is 0 Å². The highest BCUT2D eigenvalue weighted by Gasteiger charge is 2.33. The SMILES string of the molecule is CCc1nc([C@@H]2CCCN2C(=O)Cc2cn(C)c3ccccc23)no1. The Bertz CT molecular complexity index is 911. The maximum Gasteiger partial charge on any atom is 0.227 e. The number of para-hydroxylation sites is 1. The molecule has 2 aromatic heterocycles. The number of aromatic nitrogens is 3. The van der Waals surface area contributed by atoms with Crippen molar-refractivity contribution in [2.24, 2.45) is 7.05 Å². The van der Waals surface area contributed by atoms with Gasteiger partial charge in [0.1, 0.15) is 0 Å². The van der Waals surface area contributed by atoms with E-state index in [1.807, 2.05) is 31.0 Å². The predicted molar refractivity (Wildman–Crippen MR) is 94.0 cm³/mol. The van der Waals surface area contributed by atoms with Crippen molar-refractivity contribution in [2.45, 2.75) is 38.6 Å². The van der Waals surface area contributed by atoms with Crippen molar-refractivity contribution in [3.05, 3.63) is 47.7 Å². The summed E-state index contributed by atoms with van der Waals surface area (Å²) in [4.78, 5) is 19.3. The number of hydrogen-bond donors (Lipinski definition) is 0. The van der Waals surface area contributed by atoms with Crippen LogP contribution < -0.4 is 0 Å². The van der Waals surface area contributed by atoms with Gasteiger partial charge in [-0.05, 0) is 24.5 Å². The Kier molecular flexibility index (Phi) is 4.03. The third-order valence-corrected chi connectivity index (χ3v) is 4.98. The fourth-order valence-electron chi connectivity index (χ4n) is 3.71. The lowest BCUT2D eigenvalue weighted by atomic mass is 10.1.